The number of nitrogens with zero attached hydrogens (tertiary/aromatic N) is 4. The maximum atomic E-state index is 12.0. The number of carbonyl (C=O) groups is 2. The van der Waals surface area contributed by atoms with Crippen LogP contribution in [0.2, 0.25) is 0 Å². The molecule has 2 atom stereocenters. The van der Waals surface area contributed by atoms with E-state index in [9.17, 15) is 9.59 Å². The Morgan fingerprint density at radius 3 is 2.58 bits per heavy atom. The van der Waals surface area contributed by atoms with Gasteiger partial charge < -0.3 is 10.1 Å². The minimum atomic E-state index is -0.657. The number of rotatable bonds is 2. The Labute approximate surface area is 111 Å². The molecule has 106 valence electrons. The Bertz CT molecular complexity index is 411. The first-order valence-corrected chi connectivity index (χ1v) is 6.04. The first kappa shape index (κ1) is 15.1. The summed E-state index contributed by atoms with van der Waals surface area (Å²) in [6.07, 6.45) is -0.264. The van der Waals surface area contributed by atoms with Gasteiger partial charge in [0.2, 0.25) is 5.91 Å². The second-order valence-electron chi connectivity index (χ2n) is 5.36. The molecule has 1 N–H and O–H groups in total. The summed E-state index contributed by atoms with van der Waals surface area (Å²) in [6.45, 7) is 5.44. The van der Waals surface area contributed by atoms with Gasteiger partial charge in [-0.3, -0.25) is 9.69 Å². The quantitative estimate of drug-likeness (QED) is 0.465. The number of ether oxygens (including phenoxy) is 1. The highest BCUT2D eigenvalue weighted by atomic mass is 16.6. The van der Waals surface area contributed by atoms with Gasteiger partial charge in [0.05, 0.1) is 6.04 Å². The van der Waals surface area contributed by atoms with E-state index in [1.807, 2.05) is 0 Å². The molecule has 1 rings (SSSR count). The summed E-state index contributed by atoms with van der Waals surface area (Å²) in [5, 5.41) is 6.06. The van der Waals surface area contributed by atoms with Crippen LogP contribution in [0.15, 0.2) is 5.11 Å². The van der Waals surface area contributed by atoms with E-state index in [1.165, 1.54) is 11.9 Å². The Morgan fingerprint density at radius 1 is 1.47 bits per heavy atom. The molecule has 0 saturated carbocycles. The Kier molecular flexibility index (Phi) is 4.61. The van der Waals surface area contributed by atoms with Crippen molar-refractivity contribution in [2.75, 3.05) is 13.6 Å². The summed E-state index contributed by atoms with van der Waals surface area (Å²) in [6, 6.07) is -1.06. The van der Waals surface area contributed by atoms with Crippen molar-refractivity contribution in [2.24, 2.45) is 5.11 Å². The van der Waals surface area contributed by atoms with Gasteiger partial charge in [-0.1, -0.05) is 5.11 Å². The van der Waals surface area contributed by atoms with Crippen LogP contribution in [0, 0.1) is 0 Å². The molecule has 1 aliphatic rings. The smallest absolute Gasteiger partial charge is 0.410 e. The summed E-state index contributed by atoms with van der Waals surface area (Å²) in [4.78, 5) is 27.8. The highest BCUT2D eigenvalue weighted by Gasteiger charge is 2.40. The number of likely N-dealkylation sites (N-methyl/N-ethyl adjacent to an activating group) is 1. The molecule has 2 amide bonds. The maximum absolute atomic E-state index is 12.0. The lowest BCUT2D eigenvalue weighted by molar-refractivity contribution is -0.124. The number of hydrogen-bond donors (Lipinski definition) is 1. The van der Waals surface area contributed by atoms with Crippen molar-refractivity contribution in [1.29, 1.82) is 0 Å². The molecular weight excluding hydrogens is 250 g/mol. The third kappa shape index (κ3) is 4.03. The molecule has 0 bridgehead atoms. The zero-order chi connectivity index (χ0) is 14.6. The van der Waals surface area contributed by atoms with Crippen molar-refractivity contribution in [2.45, 2.75) is 44.9 Å². The van der Waals surface area contributed by atoms with Crippen LogP contribution in [0.1, 0.15) is 27.2 Å². The fourth-order valence-corrected chi connectivity index (χ4v) is 1.91. The van der Waals surface area contributed by atoms with Crippen LogP contribution in [-0.4, -0.2) is 48.2 Å². The van der Waals surface area contributed by atoms with Crippen molar-refractivity contribution in [3.8, 4) is 0 Å². The average Bonchev–Trinajstić information content (AvgIpc) is 2.70. The van der Waals surface area contributed by atoms with Gasteiger partial charge >= 0.3 is 6.09 Å². The second kappa shape index (κ2) is 5.79. The number of azide groups is 1. The lowest BCUT2D eigenvalue weighted by Crippen LogP contribution is -2.46. The number of likely N-dealkylation sites (tertiary alicyclic amines) is 1. The molecule has 1 aliphatic heterocycles. The minimum absolute atomic E-state index is 0.192. The standard InChI is InChI=1S/C11H19N5O3/c1-11(2,3)19-10(18)16-6-7(14-15-12)5-8(16)9(17)13-4/h7-8H,5-6H2,1-4H3,(H,13,17)/t7-,8+/m1/s1. The molecule has 8 nitrogen and oxygen atoms in total. The highest BCUT2D eigenvalue weighted by molar-refractivity contribution is 5.86. The van der Waals surface area contributed by atoms with E-state index < -0.39 is 23.8 Å². The monoisotopic (exact) mass is 269 g/mol. The SMILES string of the molecule is CNC(=O)[C@@H]1C[C@@H](N=[N+]=[N-])CN1C(=O)OC(C)(C)C. The topological polar surface area (TPSA) is 107 Å². The Hall–Kier alpha value is -1.95. The number of amides is 2. The summed E-state index contributed by atoms with van der Waals surface area (Å²) in [7, 11) is 1.50. The van der Waals surface area contributed by atoms with Gasteiger partial charge in [0.1, 0.15) is 11.6 Å². The van der Waals surface area contributed by atoms with Gasteiger partial charge in [-0.15, -0.1) is 0 Å². The summed E-state index contributed by atoms with van der Waals surface area (Å²) in [5.41, 5.74) is 7.81. The molecule has 0 aromatic heterocycles. The molecule has 8 heteroatoms. The van der Waals surface area contributed by atoms with Crippen LogP contribution in [0.25, 0.3) is 10.4 Å². The lowest BCUT2D eigenvalue weighted by Gasteiger charge is -2.27. The van der Waals surface area contributed by atoms with E-state index in [2.05, 4.69) is 15.3 Å². The Balaban J connectivity index is 2.85. The molecule has 0 aliphatic carbocycles. The fourth-order valence-electron chi connectivity index (χ4n) is 1.91. The van der Waals surface area contributed by atoms with Gasteiger partial charge in [-0.25, -0.2) is 4.79 Å². The van der Waals surface area contributed by atoms with Crippen LogP contribution in [0.5, 0.6) is 0 Å². The predicted octanol–water partition coefficient (Wildman–Crippen LogP) is 1.42. The van der Waals surface area contributed by atoms with Crippen LogP contribution in [0.3, 0.4) is 0 Å². The van der Waals surface area contributed by atoms with Gasteiger partial charge in [0, 0.05) is 18.5 Å². The highest BCUT2D eigenvalue weighted by Crippen LogP contribution is 2.23. The molecule has 0 aromatic rings. The third-order valence-corrected chi connectivity index (χ3v) is 2.67. The molecule has 1 heterocycles. The third-order valence-electron chi connectivity index (χ3n) is 2.67. The van der Waals surface area contributed by atoms with E-state index in [4.69, 9.17) is 10.3 Å². The van der Waals surface area contributed by atoms with Crippen molar-refractivity contribution in [3.05, 3.63) is 10.4 Å². The molecule has 0 radical (unpaired) electrons. The van der Waals surface area contributed by atoms with Gasteiger partial charge in [-0.2, -0.15) is 0 Å². The first-order chi connectivity index (χ1) is 8.78. The molecule has 19 heavy (non-hydrogen) atoms. The normalized spacial score (nSPS) is 22.6. The van der Waals surface area contributed by atoms with E-state index >= 15 is 0 Å². The van der Waals surface area contributed by atoms with Crippen molar-refractivity contribution < 1.29 is 14.3 Å². The van der Waals surface area contributed by atoms with Crippen molar-refractivity contribution in [1.82, 2.24) is 10.2 Å². The molecule has 1 fully saturated rings. The predicted molar refractivity (Wildman–Crippen MR) is 68.3 cm³/mol. The average molecular weight is 269 g/mol. The summed E-state index contributed by atoms with van der Waals surface area (Å²) >= 11 is 0. The number of hydrogen-bond acceptors (Lipinski definition) is 4. The molecule has 1 saturated heterocycles. The van der Waals surface area contributed by atoms with Gasteiger partial charge in [-0.05, 0) is 32.7 Å². The fraction of sp³-hybridized carbons (Fsp3) is 0.818. The minimum Gasteiger partial charge on any atom is -0.444 e. The zero-order valence-corrected chi connectivity index (χ0v) is 11.6. The van der Waals surface area contributed by atoms with E-state index in [0.717, 1.165) is 0 Å². The van der Waals surface area contributed by atoms with Crippen molar-refractivity contribution >= 4 is 12.0 Å². The van der Waals surface area contributed by atoms with Crippen LogP contribution >= 0.6 is 0 Å². The summed E-state index contributed by atoms with van der Waals surface area (Å²) < 4.78 is 5.25. The first-order valence-electron chi connectivity index (χ1n) is 6.04. The van der Waals surface area contributed by atoms with E-state index in [0.29, 0.717) is 6.42 Å². The molecule has 0 unspecified atom stereocenters. The molecular formula is C11H19N5O3. The van der Waals surface area contributed by atoms with Crippen LogP contribution in [-0.2, 0) is 9.53 Å². The van der Waals surface area contributed by atoms with E-state index in [-0.39, 0.29) is 12.5 Å². The molecule has 0 spiro atoms. The lowest BCUT2D eigenvalue weighted by atomic mass is 10.1. The maximum Gasteiger partial charge on any atom is 0.410 e. The largest absolute Gasteiger partial charge is 0.444 e. The van der Waals surface area contributed by atoms with Crippen LogP contribution in [0.4, 0.5) is 4.79 Å². The van der Waals surface area contributed by atoms with Gasteiger partial charge in [0.15, 0.2) is 0 Å². The van der Waals surface area contributed by atoms with Crippen molar-refractivity contribution in [3.63, 3.8) is 0 Å². The second-order valence-corrected chi connectivity index (χ2v) is 5.36. The summed E-state index contributed by atoms with van der Waals surface area (Å²) in [5.74, 6) is -0.290. The molecule has 0 aromatic carbocycles. The van der Waals surface area contributed by atoms with Gasteiger partial charge in [0.25, 0.3) is 0 Å². The Morgan fingerprint density at radius 2 is 2.11 bits per heavy atom. The van der Waals surface area contributed by atoms with E-state index in [1.54, 1.807) is 20.8 Å². The number of nitrogens with one attached hydrogen (secondary N) is 1. The van der Waals surface area contributed by atoms with Crippen LogP contribution < -0.4 is 5.32 Å². The number of carbonyl (C=O) groups excluding carboxylic acids is 2. The zero-order valence-electron chi connectivity index (χ0n) is 11.6.